The molecule has 4 nitrogen and oxygen atoms in total. The molecule has 0 aromatic rings. The first-order valence-electron chi connectivity index (χ1n) is 4.38. The Morgan fingerprint density at radius 3 is 1.40 bits per heavy atom. The molecule has 0 saturated heterocycles. The number of phosphoric acid groups is 1. The van der Waals surface area contributed by atoms with E-state index in [-0.39, 0.29) is 0 Å². The van der Waals surface area contributed by atoms with Crippen molar-refractivity contribution in [3.8, 4) is 0 Å². The summed E-state index contributed by atoms with van der Waals surface area (Å²) in [5.41, 5.74) is 0. The predicted octanol–water partition coefficient (Wildman–Crippen LogP) is 4.10. The Bertz CT molecular complexity index is 326. The number of hydrogen-bond acceptors (Lipinski definition) is 4. The molecule has 0 saturated carbocycles. The molecule has 0 aromatic carbocycles. The molecule has 0 aromatic heterocycles. The van der Waals surface area contributed by atoms with Crippen LogP contribution in [0.1, 0.15) is 0 Å². The van der Waals surface area contributed by atoms with Crippen LogP contribution in [-0.4, -0.2) is 37.9 Å². The van der Waals surface area contributed by atoms with Crippen LogP contribution in [0.25, 0.3) is 0 Å². The molecule has 0 spiro atoms. The van der Waals surface area contributed by atoms with E-state index in [0.717, 1.165) is 0 Å². The van der Waals surface area contributed by atoms with Crippen molar-refractivity contribution in [1.29, 1.82) is 0 Å². The van der Waals surface area contributed by atoms with Gasteiger partial charge in [-0.05, 0) is 0 Å². The van der Waals surface area contributed by atoms with E-state index in [4.69, 9.17) is 0 Å². The highest BCUT2D eigenvalue weighted by Gasteiger charge is 2.47. The van der Waals surface area contributed by atoms with E-state index in [9.17, 15) is 39.7 Å². The van der Waals surface area contributed by atoms with E-state index in [2.05, 4.69) is 25.0 Å². The number of hydrogen-bond donors (Lipinski definition) is 0. The zero-order valence-corrected chi connectivity index (χ0v) is 10.7. The molecule has 0 radical (unpaired) electrons. The molecule has 14 heteroatoms. The van der Waals surface area contributed by atoms with Gasteiger partial charge in [0.2, 0.25) is 0 Å². The van der Waals surface area contributed by atoms with Crippen molar-refractivity contribution < 1.29 is 52.8 Å². The van der Waals surface area contributed by atoms with Gasteiger partial charge in [0.15, 0.2) is 0 Å². The average molecular weight is 361 g/mol. The standard InChI is InChI=1S/C6H6ClF8O4P/c7-19-20(16,17-1-5(12,13)3(8)9)18-2-6(14,15)4(10)11/h3-4H,1-2H2. The lowest BCUT2D eigenvalue weighted by Gasteiger charge is -2.21. The summed E-state index contributed by atoms with van der Waals surface area (Å²) in [6.45, 7) is -4.51. The Hall–Kier alpha value is -0.160. The van der Waals surface area contributed by atoms with Gasteiger partial charge < -0.3 is 0 Å². The molecular weight excluding hydrogens is 354 g/mol. The lowest BCUT2D eigenvalue weighted by Crippen LogP contribution is -2.33. The lowest BCUT2D eigenvalue weighted by atomic mass is 10.4. The monoisotopic (exact) mass is 360 g/mol. The van der Waals surface area contributed by atoms with E-state index in [1.54, 1.807) is 0 Å². The van der Waals surface area contributed by atoms with E-state index >= 15 is 0 Å². The van der Waals surface area contributed by atoms with Gasteiger partial charge in [-0.3, -0.25) is 9.05 Å². The van der Waals surface area contributed by atoms with Crippen LogP contribution in [0.5, 0.6) is 0 Å². The average Bonchev–Trinajstić information content (AvgIpc) is 2.34. The Morgan fingerprint density at radius 2 is 1.20 bits per heavy atom. The molecular formula is C6H6ClF8O4P. The molecule has 0 fully saturated rings. The first-order valence-corrected chi connectivity index (χ1v) is 6.14. The van der Waals surface area contributed by atoms with Gasteiger partial charge in [0.1, 0.15) is 13.2 Å². The van der Waals surface area contributed by atoms with Crippen LogP contribution in [0.4, 0.5) is 35.1 Å². The first kappa shape index (κ1) is 19.8. The van der Waals surface area contributed by atoms with Gasteiger partial charge >= 0.3 is 32.5 Å². The van der Waals surface area contributed by atoms with Gasteiger partial charge in [0.25, 0.3) is 0 Å². The number of rotatable bonds is 9. The molecule has 122 valence electrons. The van der Waals surface area contributed by atoms with Gasteiger partial charge in [-0.1, -0.05) is 0 Å². The van der Waals surface area contributed by atoms with Crippen LogP contribution >= 0.6 is 19.7 Å². The molecule has 0 aliphatic carbocycles. The third-order valence-electron chi connectivity index (χ3n) is 1.55. The molecule has 0 unspecified atom stereocenters. The van der Waals surface area contributed by atoms with Crippen LogP contribution in [0.2, 0.25) is 0 Å². The summed E-state index contributed by atoms with van der Waals surface area (Å²) in [6, 6.07) is 0. The second-order valence-corrected chi connectivity index (χ2v) is 5.15. The molecule has 0 amide bonds. The van der Waals surface area contributed by atoms with Crippen molar-refractivity contribution in [2.24, 2.45) is 0 Å². The minimum Gasteiger partial charge on any atom is -0.279 e. The second-order valence-electron chi connectivity index (χ2n) is 3.19. The third kappa shape index (κ3) is 6.08. The minimum atomic E-state index is -5.33. The Balaban J connectivity index is 4.61. The fourth-order valence-electron chi connectivity index (χ4n) is 0.533. The summed E-state index contributed by atoms with van der Waals surface area (Å²) in [5, 5.41) is 0. The van der Waals surface area contributed by atoms with Gasteiger partial charge in [-0.15, -0.1) is 0 Å². The lowest BCUT2D eigenvalue weighted by molar-refractivity contribution is -0.161. The summed E-state index contributed by atoms with van der Waals surface area (Å²) < 4.78 is 118. The van der Waals surface area contributed by atoms with Crippen LogP contribution in [0, 0.1) is 0 Å². The summed E-state index contributed by atoms with van der Waals surface area (Å²) in [4.78, 5) is 0. The maximum atomic E-state index is 12.4. The predicted molar refractivity (Wildman–Crippen MR) is 48.4 cm³/mol. The zero-order valence-electron chi connectivity index (χ0n) is 9.05. The van der Waals surface area contributed by atoms with Crippen LogP contribution < -0.4 is 0 Å². The van der Waals surface area contributed by atoms with Gasteiger partial charge in [0.05, 0.1) is 11.9 Å². The molecule has 0 heterocycles. The SMILES string of the molecule is O=P(OCl)(OCC(F)(F)C(F)F)OCC(F)(F)C(F)F. The molecule has 0 aliphatic rings. The number of phosphoric ester groups is 1. The first-order chi connectivity index (χ1) is 8.86. The minimum absolute atomic E-state index is 2.26. The van der Waals surface area contributed by atoms with Crippen LogP contribution in [-0.2, 0) is 17.7 Å². The highest BCUT2D eigenvalue weighted by atomic mass is 35.5. The topological polar surface area (TPSA) is 44.8 Å². The number of halogens is 9. The highest BCUT2D eigenvalue weighted by molar-refractivity contribution is 7.49. The highest BCUT2D eigenvalue weighted by Crippen LogP contribution is 2.52. The fraction of sp³-hybridized carbons (Fsp3) is 1.00. The second kappa shape index (κ2) is 7.21. The van der Waals surface area contributed by atoms with Crippen LogP contribution in [0.15, 0.2) is 0 Å². The molecule has 0 atom stereocenters. The van der Waals surface area contributed by atoms with E-state index in [1.165, 1.54) is 0 Å². The maximum Gasteiger partial charge on any atom is 0.491 e. The summed E-state index contributed by atoms with van der Waals surface area (Å²) >= 11 is 4.45. The van der Waals surface area contributed by atoms with Crippen molar-refractivity contribution in [2.75, 3.05) is 13.2 Å². The summed E-state index contributed by atoms with van der Waals surface area (Å²) in [6.07, 6.45) is -8.46. The smallest absolute Gasteiger partial charge is 0.279 e. The molecule has 0 aliphatic heterocycles. The molecule has 20 heavy (non-hydrogen) atoms. The zero-order chi connectivity index (χ0) is 16.2. The van der Waals surface area contributed by atoms with E-state index in [0.29, 0.717) is 0 Å². The van der Waals surface area contributed by atoms with E-state index < -0.39 is 45.7 Å². The van der Waals surface area contributed by atoms with Gasteiger partial charge in [-0.2, -0.15) is 21.6 Å². The molecule has 0 N–H and O–H groups in total. The van der Waals surface area contributed by atoms with Crippen molar-refractivity contribution >= 4 is 19.7 Å². The van der Waals surface area contributed by atoms with Crippen molar-refractivity contribution in [2.45, 2.75) is 24.7 Å². The maximum absolute atomic E-state index is 12.4. The molecule has 0 bridgehead atoms. The van der Waals surface area contributed by atoms with Gasteiger partial charge in [0, 0.05) is 0 Å². The summed E-state index contributed by atoms with van der Waals surface area (Å²) in [5.74, 6) is -9.61. The quantitative estimate of drug-likeness (QED) is 0.459. The van der Waals surface area contributed by atoms with Crippen molar-refractivity contribution in [3.05, 3.63) is 0 Å². The van der Waals surface area contributed by atoms with E-state index in [1.807, 2.05) is 0 Å². The largest absolute Gasteiger partial charge is 0.491 e. The Kier molecular flexibility index (Phi) is 7.15. The Labute approximate surface area is 111 Å². The van der Waals surface area contributed by atoms with Crippen LogP contribution in [0.3, 0.4) is 0 Å². The Morgan fingerprint density at radius 1 is 0.900 bits per heavy atom. The normalized spacial score (nSPS) is 14.3. The van der Waals surface area contributed by atoms with Crippen molar-refractivity contribution in [1.82, 2.24) is 0 Å². The summed E-state index contributed by atoms with van der Waals surface area (Å²) in [7, 11) is -5.33. The third-order valence-corrected chi connectivity index (χ3v) is 3.12. The van der Waals surface area contributed by atoms with Gasteiger partial charge in [-0.25, -0.2) is 22.1 Å². The van der Waals surface area contributed by atoms with Crippen molar-refractivity contribution in [3.63, 3.8) is 0 Å². The molecule has 0 rings (SSSR count). The number of alkyl halides is 8. The fourth-order valence-corrected chi connectivity index (χ4v) is 1.59.